The summed E-state index contributed by atoms with van der Waals surface area (Å²) in [4.78, 5) is 35.4. The van der Waals surface area contributed by atoms with Crippen LogP contribution in [-0.4, -0.2) is 78.9 Å². The van der Waals surface area contributed by atoms with E-state index in [0.717, 1.165) is 0 Å². The van der Waals surface area contributed by atoms with E-state index in [1.54, 1.807) is 12.3 Å². The Morgan fingerprint density at radius 1 is 1.32 bits per heavy atom. The van der Waals surface area contributed by atoms with E-state index in [4.69, 9.17) is 14.8 Å². The molecule has 2 aromatic rings. The number of benzene rings is 1. The van der Waals surface area contributed by atoms with Crippen LogP contribution < -0.4 is 5.32 Å². The van der Waals surface area contributed by atoms with Gasteiger partial charge in [0.05, 0.1) is 35.8 Å². The zero-order valence-corrected chi connectivity index (χ0v) is 23.0. The van der Waals surface area contributed by atoms with Gasteiger partial charge in [0, 0.05) is 35.2 Å². The number of aromatic nitrogens is 1. The van der Waals surface area contributed by atoms with Crippen LogP contribution in [-0.2, 0) is 30.6 Å². The number of rotatable bonds is 8. The van der Waals surface area contributed by atoms with Crippen molar-refractivity contribution in [3.05, 3.63) is 61.4 Å². The number of sulfone groups is 1. The highest BCUT2D eigenvalue weighted by molar-refractivity contribution is 9.10. The van der Waals surface area contributed by atoms with Gasteiger partial charge in [0.25, 0.3) is 0 Å². The molecule has 1 fully saturated rings. The molecule has 1 unspecified atom stereocenters. The monoisotopic (exact) mass is 614 g/mol. The largest absolute Gasteiger partial charge is 0.481 e. The molecule has 2 N–H and O–H groups in total. The minimum absolute atomic E-state index is 0.00787. The predicted octanol–water partition coefficient (Wildman–Crippen LogP) is 2.31. The predicted molar refractivity (Wildman–Crippen MR) is 139 cm³/mol. The maximum absolute atomic E-state index is 13.9. The van der Waals surface area contributed by atoms with Gasteiger partial charge in [0.15, 0.2) is 20.7 Å². The first-order valence-electron chi connectivity index (χ1n) is 11.4. The molecule has 198 valence electrons. The van der Waals surface area contributed by atoms with Crippen molar-refractivity contribution in [3.63, 3.8) is 0 Å². The summed E-state index contributed by atoms with van der Waals surface area (Å²) in [6.07, 6.45) is -0.254. The van der Waals surface area contributed by atoms with Crippen molar-refractivity contribution in [1.29, 1.82) is 0 Å². The van der Waals surface area contributed by atoms with Crippen LogP contribution in [0.25, 0.3) is 0 Å². The zero-order valence-electron chi connectivity index (χ0n) is 19.7. The number of hydrogen-bond donors (Lipinski definition) is 2. The van der Waals surface area contributed by atoms with Gasteiger partial charge in [0.1, 0.15) is 11.9 Å². The maximum atomic E-state index is 13.9. The highest BCUT2D eigenvalue weighted by Gasteiger charge is 2.35. The number of nitrogens with zero attached hydrogens (tertiary/aromatic N) is 3. The molecule has 4 rings (SSSR count). The first-order valence-corrected chi connectivity index (χ1v) is 14.8. The number of hydrogen-bond acceptors (Lipinski definition) is 10. The first-order chi connectivity index (χ1) is 17.6. The third kappa shape index (κ3) is 6.61. The quantitative estimate of drug-likeness (QED) is 0.429. The van der Waals surface area contributed by atoms with Crippen molar-refractivity contribution < 1.29 is 32.2 Å². The molecule has 1 saturated heterocycles. The number of halogens is 2. The summed E-state index contributed by atoms with van der Waals surface area (Å²) in [7, 11) is -3.11. The van der Waals surface area contributed by atoms with Gasteiger partial charge in [0.2, 0.25) is 0 Å². The van der Waals surface area contributed by atoms with Gasteiger partial charge in [-0.25, -0.2) is 22.6 Å². The second-order valence-corrected chi connectivity index (χ2v) is 12.4. The van der Waals surface area contributed by atoms with E-state index in [1.165, 1.54) is 29.5 Å². The van der Waals surface area contributed by atoms with E-state index in [0.29, 0.717) is 45.4 Å². The number of carbonyl (C=O) groups excluding carboxylic acids is 1. The van der Waals surface area contributed by atoms with E-state index in [-0.39, 0.29) is 36.7 Å². The van der Waals surface area contributed by atoms with Crippen LogP contribution in [0.1, 0.15) is 29.2 Å². The summed E-state index contributed by atoms with van der Waals surface area (Å²) < 4.78 is 43.5. The highest BCUT2D eigenvalue weighted by atomic mass is 79.9. The van der Waals surface area contributed by atoms with Gasteiger partial charge in [-0.05, 0) is 24.6 Å². The van der Waals surface area contributed by atoms with Crippen molar-refractivity contribution >= 4 is 54.9 Å². The van der Waals surface area contributed by atoms with Gasteiger partial charge in [-0.1, -0.05) is 22.0 Å². The lowest BCUT2D eigenvalue weighted by atomic mass is 9.95. The van der Waals surface area contributed by atoms with E-state index in [2.05, 4.69) is 26.2 Å². The number of ether oxygens (including phenoxy) is 1. The summed E-state index contributed by atoms with van der Waals surface area (Å²) in [5.41, 5.74) is 1.55. The molecule has 1 aromatic carbocycles. The second kappa shape index (κ2) is 11.4. The Bertz CT molecular complexity index is 1380. The number of carboxylic acids is 1. The molecule has 14 heteroatoms. The topological polar surface area (TPSA) is 138 Å². The van der Waals surface area contributed by atoms with E-state index in [9.17, 15) is 22.4 Å². The van der Waals surface area contributed by atoms with Crippen LogP contribution >= 0.6 is 27.3 Å². The SMILES string of the molecule is CCOC(=O)C1=C(CN2CCS(=O)(=O)CC2)NC(c2nc(CC(=O)O)cs2)=NC1c1ccc(F)cc1Br. The molecule has 10 nitrogen and oxygen atoms in total. The Kier molecular flexibility index (Phi) is 8.41. The standard InChI is InChI=1S/C23H24BrFN4O6S2/c1-2-35-23(32)19-17(11-29-5-7-37(33,34)8-6-29)27-21(22-26-14(12-36-22)10-18(30)31)28-20(19)15-4-3-13(25)9-16(15)24/h3-4,9,12,20H,2,5-8,10-11H2,1H3,(H,27,28)(H,30,31). The number of nitrogens with one attached hydrogen (secondary N) is 1. The Hall–Kier alpha value is -2.68. The number of aliphatic imine (C=N–C) groups is 1. The van der Waals surface area contributed by atoms with Crippen LogP contribution in [0, 0.1) is 5.82 Å². The fraction of sp³-hybridized carbons (Fsp3) is 0.391. The minimum atomic E-state index is -3.11. The molecule has 0 amide bonds. The van der Waals surface area contributed by atoms with Crippen molar-refractivity contribution in [2.75, 3.05) is 37.7 Å². The number of amidine groups is 1. The van der Waals surface area contributed by atoms with Gasteiger partial charge in [-0.15, -0.1) is 11.3 Å². The van der Waals surface area contributed by atoms with Crippen LogP contribution in [0.15, 0.2) is 44.3 Å². The van der Waals surface area contributed by atoms with Crippen molar-refractivity contribution in [2.45, 2.75) is 19.4 Å². The normalized spacial score (nSPS) is 19.8. The van der Waals surface area contributed by atoms with Crippen molar-refractivity contribution in [1.82, 2.24) is 15.2 Å². The van der Waals surface area contributed by atoms with Gasteiger partial charge in [-0.3, -0.25) is 14.7 Å². The lowest BCUT2D eigenvalue weighted by Gasteiger charge is -2.32. The van der Waals surface area contributed by atoms with Crippen LogP contribution in [0.2, 0.25) is 0 Å². The van der Waals surface area contributed by atoms with Crippen molar-refractivity contribution in [3.8, 4) is 0 Å². The summed E-state index contributed by atoms with van der Waals surface area (Å²) >= 11 is 4.58. The number of carboxylic acid groups (broad SMARTS) is 1. The molecule has 0 spiro atoms. The molecule has 3 heterocycles. The summed E-state index contributed by atoms with van der Waals surface area (Å²) in [5.74, 6) is -1.76. The fourth-order valence-corrected chi connectivity index (χ4v) is 6.62. The fourth-order valence-electron chi connectivity index (χ4n) is 4.01. The Balaban J connectivity index is 1.79. The minimum Gasteiger partial charge on any atom is -0.481 e. The molecule has 0 radical (unpaired) electrons. The van der Waals surface area contributed by atoms with Gasteiger partial charge in [-0.2, -0.15) is 0 Å². The summed E-state index contributed by atoms with van der Waals surface area (Å²) in [5, 5.41) is 14.3. The smallest absolute Gasteiger partial charge is 0.338 e. The maximum Gasteiger partial charge on any atom is 0.338 e. The number of esters is 1. The van der Waals surface area contributed by atoms with E-state index >= 15 is 0 Å². The molecule has 2 aliphatic heterocycles. The average molecular weight is 616 g/mol. The van der Waals surface area contributed by atoms with Crippen LogP contribution in [0.3, 0.4) is 0 Å². The summed E-state index contributed by atoms with van der Waals surface area (Å²) in [6, 6.07) is 3.18. The molecule has 0 saturated carbocycles. The number of aliphatic carboxylic acids is 1. The molecule has 37 heavy (non-hydrogen) atoms. The van der Waals surface area contributed by atoms with Crippen LogP contribution in [0.5, 0.6) is 0 Å². The Morgan fingerprint density at radius 2 is 2.05 bits per heavy atom. The van der Waals surface area contributed by atoms with E-state index < -0.39 is 33.6 Å². The summed E-state index contributed by atoms with van der Waals surface area (Å²) in [6.45, 7) is 2.60. The van der Waals surface area contributed by atoms with Crippen LogP contribution in [0.4, 0.5) is 4.39 Å². The van der Waals surface area contributed by atoms with Crippen molar-refractivity contribution in [2.24, 2.45) is 4.99 Å². The highest BCUT2D eigenvalue weighted by Crippen LogP contribution is 2.37. The lowest BCUT2D eigenvalue weighted by molar-refractivity contribution is -0.139. The lowest BCUT2D eigenvalue weighted by Crippen LogP contribution is -2.45. The molecule has 1 aromatic heterocycles. The molecule has 0 aliphatic carbocycles. The first kappa shape index (κ1) is 27.4. The Labute approximate surface area is 225 Å². The molecular formula is C23H24BrFN4O6S2. The molecule has 0 bridgehead atoms. The van der Waals surface area contributed by atoms with Gasteiger partial charge >= 0.3 is 11.9 Å². The van der Waals surface area contributed by atoms with Gasteiger partial charge < -0.3 is 15.2 Å². The second-order valence-electron chi connectivity index (χ2n) is 8.43. The Morgan fingerprint density at radius 3 is 2.70 bits per heavy atom. The molecule has 1 atom stereocenters. The third-order valence-electron chi connectivity index (χ3n) is 5.78. The zero-order chi connectivity index (χ0) is 26.7. The number of carbonyl (C=O) groups is 2. The third-order valence-corrected chi connectivity index (χ3v) is 8.98. The molecular weight excluding hydrogens is 591 g/mol. The number of thiazole rings is 1. The molecule has 2 aliphatic rings. The average Bonchev–Trinajstić information content (AvgIpc) is 3.28. The van der Waals surface area contributed by atoms with E-state index in [1.807, 2.05) is 4.90 Å².